The Morgan fingerprint density at radius 1 is 1.11 bits per heavy atom. The van der Waals surface area contributed by atoms with E-state index in [0.717, 1.165) is 33.3 Å². The van der Waals surface area contributed by atoms with Gasteiger partial charge in [0.25, 0.3) is 0 Å². The highest BCUT2D eigenvalue weighted by atomic mass is 35.5. The van der Waals surface area contributed by atoms with Gasteiger partial charge < -0.3 is 9.72 Å². The fraction of sp³-hybridized carbons (Fsp3) is 0.333. The maximum atomic E-state index is 12.2. The van der Waals surface area contributed by atoms with Gasteiger partial charge in [0.05, 0.1) is 29.5 Å². The SMILES string of the molecule is Cc1[nH]c2c(C)ccc(Cl)c2c1CCNS(=O)(=O)CCOCc1ccccc1. The van der Waals surface area contributed by atoms with E-state index in [2.05, 4.69) is 9.71 Å². The van der Waals surface area contributed by atoms with Gasteiger partial charge in [-0.1, -0.05) is 48.0 Å². The van der Waals surface area contributed by atoms with Gasteiger partial charge in [0.2, 0.25) is 10.0 Å². The Labute approximate surface area is 171 Å². The fourth-order valence-electron chi connectivity index (χ4n) is 3.24. The average molecular weight is 421 g/mol. The van der Waals surface area contributed by atoms with E-state index in [4.69, 9.17) is 16.3 Å². The molecule has 0 amide bonds. The summed E-state index contributed by atoms with van der Waals surface area (Å²) in [4.78, 5) is 3.36. The molecule has 0 spiro atoms. The van der Waals surface area contributed by atoms with Crippen LogP contribution >= 0.6 is 11.6 Å². The number of aromatic nitrogens is 1. The molecule has 0 aliphatic carbocycles. The van der Waals surface area contributed by atoms with Crippen molar-refractivity contribution in [2.24, 2.45) is 0 Å². The van der Waals surface area contributed by atoms with Crippen molar-refractivity contribution in [2.75, 3.05) is 18.9 Å². The summed E-state index contributed by atoms with van der Waals surface area (Å²) in [5.74, 6) is -0.0629. The van der Waals surface area contributed by atoms with E-state index in [1.807, 2.05) is 56.3 Å². The minimum Gasteiger partial charge on any atom is -0.376 e. The summed E-state index contributed by atoms with van der Waals surface area (Å²) in [5.41, 5.74) is 5.21. The van der Waals surface area contributed by atoms with E-state index in [9.17, 15) is 8.42 Å². The Bertz CT molecular complexity index is 1050. The molecule has 2 N–H and O–H groups in total. The van der Waals surface area contributed by atoms with Gasteiger partial charge in [-0.3, -0.25) is 0 Å². The minimum atomic E-state index is -3.39. The molecule has 0 saturated heterocycles. The van der Waals surface area contributed by atoms with E-state index < -0.39 is 10.0 Å². The van der Waals surface area contributed by atoms with Crippen molar-refractivity contribution >= 4 is 32.5 Å². The first-order valence-corrected chi connectivity index (χ1v) is 11.3. The Hall–Kier alpha value is -1.86. The number of rotatable bonds is 9. The normalized spacial score (nSPS) is 12.0. The number of halogens is 1. The van der Waals surface area contributed by atoms with Gasteiger partial charge in [0.15, 0.2) is 0 Å². The second-order valence-corrected chi connectivity index (χ2v) is 9.18. The van der Waals surface area contributed by atoms with Crippen molar-refractivity contribution < 1.29 is 13.2 Å². The zero-order chi connectivity index (χ0) is 20.1. The van der Waals surface area contributed by atoms with Crippen LogP contribution in [0.25, 0.3) is 10.9 Å². The number of aryl methyl sites for hydroxylation is 2. The van der Waals surface area contributed by atoms with Gasteiger partial charge in [-0.2, -0.15) is 0 Å². The highest BCUT2D eigenvalue weighted by Gasteiger charge is 2.15. The van der Waals surface area contributed by atoms with Crippen molar-refractivity contribution in [3.8, 4) is 0 Å². The molecule has 0 atom stereocenters. The van der Waals surface area contributed by atoms with Crippen LogP contribution in [0.5, 0.6) is 0 Å². The van der Waals surface area contributed by atoms with Gasteiger partial charge >= 0.3 is 0 Å². The maximum Gasteiger partial charge on any atom is 0.213 e. The molecule has 28 heavy (non-hydrogen) atoms. The third-order valence-corrected chi connectivity index (χ3v) is 6.40. The monoisotopic (exact) mass is 420 g/mol. The maximum absolute atomic E-state index is 12.2. The molecule has 3 rings (SSSR count). The van der Waals surface area contributed by atoms with Crippen molar-refractivity contribution in [3.63, 3.8) is 0 Å². The van der Waals surface area contributed by atoms with Crippen molar-refractivity contribution in [3.05, 3.63) is 69.9 Å². The van der Waals surface area contributed by atoms with Crippen LogP contribution in [0.1, 0.15) is 22.4 Å². The fourth-order valence-corrected chi connectivity index (χ4v) is 4.40. The number of fused-ring (bicyclic) bond motifs is 1. The topological polar surface area (TPSA) is 71.2 Å². The smallest absolute Gasteiger partial charge is 0.213 e. The lowest BCUT2D eigenvalue weighted by atomic mass is 10.1. The predicted octanol–water partition coefficient (Wildman–Crippen LogP) is 4.12. The van der Waals surface area contributed by atoms with Gasteiger partial charge in [-0.25, -0.2) is 13.1 Å². The highest BCUT2D eigenvalue weighted by Crippen LogP contribution is 2.31. The van der Waals surface area contributed by atoms with Crippen LogP contribution in [0.4, 0.5) is 0 Å². The molecular formula is C21H25ClN2O3S. The molecular weight excluding hydrogens is 396 g/mol. The van der Waals surface area contributed by atoms with E-state index in [1.165, 1.54) is 0 Å². The van der Waals surface area contributed by atoms with Gasteiger partial charge in [-0.05, 0) is 43.0 Å². The minimum absolute atomic E-state index is 0.0629. The molecule has 3 aromatic rings. The van der Waals surface area contributed by atoms with Crippen LogP contribution in [0, 0.1) is 13.8 Å². The number of benzene rings is 2. The Morgan fingerprint density at radius 3 is 2.61 bits per heavy atom. The average Bonchev–Trinajstić information content (AvgIpc) is 3.00. The third kappa shape index (κ3) is 5.14. The zero-order valence-electron chi connectivity index (χ0n) is 16.1. The quantitative estimate of drug-likeness (QED) is 0.511. The van der Waals surface area contributed by atoms with Crippen LogP contribution in [0.2, 0.25) is 5.02 Å². The van der Waals surface area contributed by atoms with Crippen LogP contribution in [-0.4, -0.2) is 32.3 Å². The summed E-state index contributed by atoms with van der Waals surface area (Å²) < 4.78 is 32.6. The zero-order valence-corrected chi connectivity index (χ0v) is 17.7. The first kappa shape index (κ1) is 20.9. The molecule has 0 bridgehead atoms. The summed E-state index contributed by atoms with van der Waals surface area (Å²) in [6.07, 6.45) is 0.569. The summed E-state index contributed by atoms with van der Waals surface area (Å²) in [7, 11) is -3.39. The predicted molar refractivity (Wildman–Crippen MR) is 114 cm³/mol. The largest absolute Gasteiger partial charge is 0.376 e. The van der Waals surface area contributed by atoms with Crippen molar-refractivity contribution in [2.45, 2.75) is 26.9 Å². The highest BCUT2D eigenvalue weighted by molar-refractivity contribution is 7.89. The third-order valence-electron chi connectivity index (χ3n) is 4.73. The number of nitrogens with one attached hydrogen (secondary N) is 2. The molecule has 5 nitrogen and oxygen atoms in total. The second kappa shape index (κ2) is 9.09. The summed E-state index contributed by atoms with van der Waals surface area (Å²) in [6, 6.07) is 13.5. The second-order valence-electron chi connectivity index (χ2n) is 6.84. The Kier molecular flexibility index (Phi) is 6.78. The standard InChI is InChI=1S/C21H25ClN2O3S/c1-15-8-9-19(22)20-18(16(2)24-21(15)20)10-11-23-28(25,26)13-12-27-14-17-6-4-3-5-7-17/h3-9,23-24H,10-14H2,1-2H3. The molecule has 150 valence electrons. The molecule has 0 radical (unpaired) electrons. The van der Waals surface area contributed by atoms with E-state index in [1.54, 1.807) is 0 Å². The van der Waals surface area contributed by atoms with E-state index in [-0.39, 0.29) is 12.4 Å². The van der Waals surface area contributed by atoms with Crippen LogP contribution in [0.15, 0.2) is 42.5 Å². The molecule has 0 fully saturated rings. The molecule has 1 heterocycles. The molecule has 0 unspecified atom stereocenters. The van der Waals surface area contributed by atoms with E-state index in [0.29, 0.717) is 24.6 Å². The number of aromatic amines is 1. The van der Waals surface area contributed by atoms with Crippen LogP contribution in [0.3, 0.4) is 0 Å². The molecule has 0 aliphatic heterocycles. The lowest BCUT2D eigenvalue weighted by Gasteiger charge is -2.08. The van der Waals surface area contributed by atoms with Crippen LogP contribution in [-0.2, 0) is 27.8 Å². The Morgan fingerprint density at radius 2 is 1.86 bits per heavy atom. The van der Waals surface area contributed by atoms with Crippen molar-refractivity contribution in [1.82, 2.24) is 9.71 Å². The van der Waals surface area contributed by atoms with Gasteiger partial charge in [0, 0.05) is 17.6 Å². The molecule has 7 heteroatoms. The molecule has 1 aromatic heterocycles. The van der Waals surface area contributed by atoms with Crippen LogP contribution < -0.4 is 4.72 Å². The van der Waals surface area contributed by atoms with Gasteiger partial charge in [-0.15, -0.1) is 0 Å². The van der Waals surface area contributed by atoms with Crippen molar-refractivity contribution in [1.29, 1.82) is 0 Å². The number of sulfonamides is 1. The molecule has 2 aromatic carbocycles. The lowest BCUT2D eigenvalue weighted by Crippen LogP contribution is -2.30. The first-order valence-electron chi connectivity index (χ1n) is 9.22. The number of ether oxygens (including phenoxy) is 1. The summed E-state index contributed by atoms with van der Waals surface area (Å²) >= 11 is 6.38. The number of hydrogen-bond donors (Lipinski definition) is 2. The molecule has 0 aliphatic rings. The van der Waals surface area contributed by atoms with E-state index >= 15 is 0 Å². The number of hydrogen-bond acceptors (Lipinski definition) is 3. The summed E-state index contributed by atoms with van der Waals surface area (Å²) in [6.45, 7) is 4.89. The summed E-state index contributed by atoms with van der Waals surface area (Å²) in [5, 5.41) is 1.65. The Balaban J connectivity index is 1.52. The first-order chi connectivity index (χ1) is 13.4. The van der Waals surface area contributed by atoms with Gasteiger partial charge in [0.1, 0.15) is 0 Å². The molecule has 0 saturated carbocycles. The number of H-pyrrole nitrogens is 1. The lowest BCUT2D eigenvalue weighted by molar-refractivity contribution is 0.135.